The quantitative estimate of drug-likeness (QED) is 0.795. The fraction of sp³-hybridized carbons (Fsp3) is 0.250. The highest BCUT2D eigenvalue weighted by Gasteiger charge is 2.13. The van der Waals surface area contributed by atoms with Gasteiger partial charge in [-0.25, -0.2) is 4.39 Å². The third-order valence-corrected chi connectivity index (χ3v) is 4.14. The van der Waals surface area contributed by atoms with Gasteiger partial charge in [-0.15, -0.1) is 0 Å². The maximum absolute atomic E-state index is 13.2. The Bertz CT molecular complexity index is 568. The molecule has 0 aliphatic heterocycles. The van der Waals surface area contributed by atoms with Gasteiger partial charge in [0.05, 0.1) is 0 Å². The zero-order chi connectivity index (χ0) is 13.8. The first kappa shape index (κ1) is 14.5. The maximum atomic E-state index is 13.2. The number of hydrogen-bond acceptors (Lipinski definition) is 1. The smallest absolute Gasteiger partial charge is 0.124 e. The maximum Gasteiger partial charge on any atom is 0.124 e. The Morgan fingerprint density at radius 1 is 1.21 bits per heavy atom. The van der Waals surface area contributed by atoms with Gasteiger partial charge in [0.25, 0.3) is 0 Å². The summed E-state index contributed by atoms with van der Waals surface area (Å²) in [5.41, 5.74) is 3.70. The van der Waals surface area contributed by atoms with Crippen LogP contribution in [0.2, 0.25) is 0 Å². The van der Waals surface area contributed by atoms with E-state index in [9.17, 15) is 4.39 Å². The van der Waals surface area contributed by atoms with Crippen molar-refractivity contribution in [3.05, 3.63) is 68.5 Å². The molecule has 100 valence electrons. The van der Waals surface area contributed by atoms with Crippen LogP contribution in [0.1, 0.15) is 22.7 Å². The molecule has 0 saturated carbocycles. The second kappa shape index (κ2) is 6.48. The van der Waals surface area contributed by atoms with Crippen LogP contribution in [0.5, 0.6) is 0 Å². The van der Waals surface area contributed by atoms with Crippen molar-refractivity contribution in [2.45, 2.75) is 19.4 Å². The van der Waals surface area contributed by atoms with E-state index in [-0.39, 0.29) is 11.9 Å². The van der Waals surface area contributed by atoms with Gasteiger partial charge in [-0.05, 0) is 66.2 Å². The minimum absolute atomic E-state index is 0.182. The summed E-state index contributed by atoms with van der Waals surface area (Å²) in [5.74, 6) is -0.182. The number of aryl methyl sites for hydroxylation is 1. The Hall–Kier alpha value is -0.940. The molecule has 0 fully saturated rings. The molecule has 0 aliphatic rings. The summed E-state index contributed by atoms with van der Waals surface area (Å²) < 4.78 is 14.1. The summed E-state index contributed by atoms with van der Waals surface area (Å²) in [6, 6.07) is 13.7. The highest BCUT2D eigenvalue weighted by Crippen LogP contribution is 2.24. The molecular weight excluding hydrogens is 352 g/mol. The molecule has 0 aromatic heterocycles. The second-order valence-corrected chi connectivity index (χ2v) is 5.86. The van der Waals surface area contributed by atoms with Gasteiger partial charge in [0, 0.05) is 9.61 Å². The van der Waals surface area contributed by atoms with Crippen molar-refractivity contribution >= 4 is 22.6 Å². The van der Waals surface area contributed by atoms with E-state index in [2.05, 4.69) is 59.1 Å². The molecule has 2 aromatic carbocycles. The third-order valence-electron chi connectivity index (χ3n) is 3.21. The molecule has 0 aliphatic carbocycles. The van der Waals surface area contributed by atoms with Crippen molar-refractivity contribution in [2.75, 3.05) is 7.05 Å². The van der Waals surface area contributed by atoms with Crippen molar-refractivity contribution in [2.24, 2.45) is 0 Å². The van der Waals surface area contributed by atoms with E-state index >= 15 is 0 Å². The Morgan fingerprint density at radius 2 is 2.00 bits per heavy atom. The van der Waals surface area contributed by atoms with Crippen LogP contribution < -0.4 is 5.32 Å². The predicted molar refractivity (Wildman–Crippen MR) is 85.8 cm³/mol. The lowest BCUT2D eigenvalue weighted by Gasteiger charge is -2.18. The Kier molecular flexibility index (Phi) is 4.93. The van der Waals surface area contributed by atoms with Gasteiger partial charge < -0.3 is 5.32 Å². The highest BCUT2D eigenvalue weighted by atomic mass is 127. The van der Waals surface area contributed by atoms with Gasteiger partial charge in [-0.2, -0.15) is 0 Å². The molecule has 0 heterocycles. The van der Waals surface area contributed by atoms with Gasteiger partial charge in [-0.1, -0.05) is 35.9 Å². The van der Waals surface area contributed by atoms with E-state index in [1.807, 2.05) is 13.1 Å². The van der Waals surface area contributed by atoms with Gasteiger partial charge in [-0.3, -0.25) is 0 Å². The molecule has 1 nitrogen and oxygen atoms in total. The summed E-state index contributed by atoms with van der Waals surface area (Å²) in [6.07, 6.45) is 0.903. The normalized spacial score (nSPS) is 12.4. The molecule has 3 heteroatoms. The Labute approximate surface area is 127 Å². The zero-order valence-corrected chi connectivity index (χ0v) is 13.2. The molecule has 19 heavy (non-hydrogen) atoms. The minimum Gasteiger partial charge on any atom is -0.313 e. The van der Waals surface area contributed by atoms with E-state index in [0.29, 0.717) is 0 Å². The van der Waals surface area contributed by atoms with Gasteiger partial charge in [0.1, 0.15) is 5.82 Å². The average molecular weight is 369 g/mol. The first-order valence-corrected chi connectivity index (χ1v) is 7.36. The van der Waals surface area contributed by atoms with E-state index in [1.165, 1.54) is 17.2 Å². The zero-order valence-electron chi connectivity index (χ0n) is 11.1. The van der Waals surface area contributed by atoms with Crippen LogP contribution in [0, 0.1) is 16.3 Å². The summed E-state index contributed by atoms with van der Waals surface area (Å²) in [7, 11) is 1.94. The van der Waals surface area contributed by atoms with Crippen LogP contribution in [0.4, 0.5) is 4.39 Å². The lowest BCUT2D eigenvalue weighted by Crippen LogP contribution is -2.20. The highest BCUT2D eigenvalue weighted by molar-refractivity contribution is 14.1. The SMILES string of the molecule is CNC(Cc1cccc(C)c1)c1ccc(F)cc1I. The largest absolute Gasteiger partial charge is 0.313 e. The van der Waals surface area contributed by atoms with Crippen LogP contribution in [0.15, 0.2) is 42.5 Å². The molecule has 0 saturated heterocycles. The van der Waals surface area contributed by atoms with Crippen LogP contribution in [0.25, 0.3) is 0 Å². The Balaban J connectivity index is 2.25. The second-order valence-electron chi connectivity index (χ2n) is 4.70. The predicted octanol–water partition coefficient (Wildman–Crippen LogP) is 4.24. The van der Waals surface area contributed by atoms with Crippen LogP contribution in [-0.2, 0) is 6.42 Å². The first-order valence-electron chi connectivity index (χ1n) is 6.28. The lowest BCUT2D eigenvalue weighted by molar-refractivity contribution is 0.582. The number of halogens is 2. The fourth-order valence-electron chi connectivity index (χ4n) is 2.23. The average Bonchev–Trinajstić information content (AvgIpc) is 2.37. The minimum atomic E-state index is -0.182. The molecule has 2 rings (SSSR count). The van der Waals surface area contributed by atoms with Gasteiger partial charge >= 0.3 is 0 Å². The van der Waals surface area contributed by atoms with Crippen LogP contribution in [-0.4, -0.2) is 7.05 Å². The number of likely N-dealkylation sites (N-methyl/N-ethyl adjacent to an activating group) is 1. The number of nitrogens with one attached hydrogen (secondary N) is 1. The van der Waals surface area contributed by atoms with Gasteiger partial charge in [0.2, 0.25) is 0 Å². The summed E-state index contributed by atoms with van der Waals surface area (Å²) in [4.78, 5) is 0. The summed E-state index contributed by atoms with van der Waals surface area (Å²) >= 11 is 2.19. The van der Waals surface area contributed by atoms with Crippen molar-refractivity contribution < 1.29 is 4.39 Å². The fourth-order valence-corrected chi connectivity index (χ4v) is 3.08. The van der Waals surface area contributed by atoms with E-state index in [1.54, 1.807) is 6.07 Å². The first-order chi connectivity index (χ1) is 9.10. The Morgan fingerprint density at radius 3 is 2.63 bits per heavy atom. The van der Waals surface area contributed by atoms with Crippen molar-refractivity contribution in [1.82, 2.24) is 5.32 Å². The third kappa shape index (κ3) is 3.76. The standard InChI is InChI=1S/C16H17FIN/c1-11-4-3-5-12(8-11)9-16(19-2)14-7-6-13(17)10-15(14)18/h3-8,10,16,19H,9H2,1-2H3. The molecule has 1 unspecified atom stereocenters. The summed E-state index contributed by atoms with van der Waals surface area (Å²) in [6.45, 7) is 2.10. The van der Waals surface area contributed by atoms with E-state index in [4.69, 9.17) is 0 Å². The molecule has 1 N–H and O–H groups in total. The monoisotopic (exact) mass is 369 g/mol. The molecule has 0 radical (unpaired) electrons. The topological polar surface area (TPSA) is 12.0 Å². The molecule has 0 amide bonds. The van der Waals surface area contributed by atoms with Crippen molar-refractivity contribution in [3.8, 4) is 0 Å². The van der Waals surface area contributed by atoms with Crippen molar-refractivity contribution in [3.63, 3.8) is 0 Å². The molecule has 1 atom stereocenters. The number of benzene rings is 2. The molecule has 0 spiro atoms. The molecular formula is C16H17FIN. The molecule has 2 aromatic rings. The number of rotatable bonds is 4. The lowest BCUT2D eigenvalue weighted by atomic mass is 9.98. The van der Waals surface area contributed by atoms with Crippen molar-refractivity contribution in [1.29, 1.82) is 0 Å². The van der Waals surface area contributed by atoms with Crippen LogP contribution in [0.3, 0.4) is 0 Å². The van der Waals surface area contributed by atoms with E-state index in [0.717, 1.165) is 15.6 Å². The summed E-state index contributed by atoms with van der Waals surface area (Å²) in [5, 5.41) is 3.32. The van der Waals surface area contributed by atoms with E-state index < -0.39 is 0 Å². The molecule has 0 bridgehead atoms. The number of hydrogen-bond donors (Lipinski definition) is 1. The van der Waals surface area contributed by atoms with Gasteiger partial charge in [0.15, 0.2) is 0 Å². The van der Waals surface area contributed by atoms with Crippen LogP contribution >= 0.6 is 22.6 Å².